The van der Waals surface area contributed by atoms with Crippen molar-refractivity contribution >= 4 is 44.5 Å². The largest absolute Gasteiger partial charge is 0.598 e. The molecule has 2 aromatic heterocycles. The number of aryl methyl sites for hydroxylation is 2. The van der Waals surface area contributed by atoms with Gasteiger partial charge in [0.05, 0.1) is 17.9 Å². The van der Waals surface area contributed by atoms with Gasteiger partial charge in [-0.3, -0.25) is 4.79 Å². The second-order valence-electron chi connectivity index (χ2n) is 4.54. The highest BCUT2D eigenvalue weighted by atomic mass is 32.2. The molecule has 0 fully saturated rings. The molecule has 1 amide bonds. The molecule has 0 aliphatic rings. The van der Waals surface area contributed by atoms with Crippen LogP contribution in [0.15, 0.2) is 0 Å². The lowest BCUT2D eigenvalue weighted by Gasteiger charge is -2.07. The molecule has 7 nitrogen and oxygen atoms in total. The number of nitrogen functional groups attached to an aromatic ring is 1. The molecule has 0 aliphatic carbocycles. The molecule has 0 bridgehead atoms. The van der Waals surface area contributed by atoms with E-state index >= 15 is 0 Å². The van der Waals surface area contributed by atoms with Crippen molar-refractivity contribution < 1.29 is 9.35 Å². The summed E-state index contributed by atoms with van der Waals surface area (Å²) in [5, 5.41) is 11.7. The third-order valence-electron chi connectivity index (χ3n) is 3.06. The Morgan fingerprint density at radius 1 is 1.38 bits per heavy atom. The monoisotopic (exact) mass is 327 g/mol. The summed E-state index contributed by atoms with van der Waals surface area (Å²) in [7, 11) is 0. The first-order valence-corrected chi connectivity index (χ1v) is 8.66. The third kappa shape index (κ3) is 3.43. The van der Waals surface area contributed by atoms with E-state index in [-0.39, 0.29) is 5.91 Å². The van der Waals surface area contributed by atoms with E-state index in [0.717, 1.165) is 16.6 Å². The summed E-state index contributed by atoms with van der Waals surface area (Å²) in [6.45, 7) is 4.57. The predicted molar refractivity (Wildman–Crippen MR) is 85.7 cm³/mol. The summed E-state index contributed by atoms with van der Waals surface area (Å²) >= 11 is 0.139. The van der Waals surface area contributed by atoms with Crippen molar-refractivity contribution in [1.82, 2.24) is 20.2 Å². The van der Waals surface area contributed by atoms with Crippen molar-refractivity contribution in [3.05, 3.63) is 16.1 Å². The molecule has 1 unspecified atom stereocenters. The van der Waals surface area contributed by atoms with Crippen LogP contribution in [0.2, 0.25) is 0 Å². The van der Waals surface area contributed by atoms with Gasteiger partial charge in [0.1, 0.15) is 16.0 Å². The van der Waals surface area contributed by atoms with Gasteiger partial charge in [0.25, 0.3) is 5.91 Å². The second kappa shape index (κ2) is 6.56. The number of rotatable bonds is 5. The molecule has 21 heavy (non-hydrogen) atoms. The van der Waals surface area contributed by atoms with Gasteiger partial charge in [0, 0.05) is 23.3 Å². The molecule has 0 aromatic carbocycles. The number of hydrogen-bond acceptors (Lipinski definition) is 7. The zero-order valence-corrected chi connectivity index (χ0v) is 13.7. The molecule has 2 aromatic rings. The summed E-state index contributed by atoms with van der Waals surface area (Å²) < 4.78 is 13.6. The van der Waals surface area contributed by atoms with E-state index in [0.29, 0.717) is 28.5 Å². The minimum absolute atomic E-state index is 0.253. The number of carbonyl (C=O) groups is 1. The smallest absolute Gasteiger partial charge is 0.263 e. The maximum atomic E-state index is 12.1. The van der Waals surface area contributed by atoms with Gasteiger partial charge >= 0.3 is 0 Å². The Hall–Kier alpha value is -1.42. The Balaban J connectivity index is 2.17. The molecule has 0 spiro atoms. The maximum absolute atomic E-state index is 12.1. The number of nitrogens with zero attached hydrogens (tertiary/aromatic N) is 2. The van der Waals surface area contributed by atoms with E-state index in [1.807, 2.05) is 13.8 Å². The normalized spacial score (nSPS) is 12.6. The number of hydrogen-bond donors (Lipinski definition) is 3. The fourth-order valence-corrected chi connectivity index (χ4v) is 3.27. The molecule has 2 heterocycles. The number of aromatic nitrogens is 2. The molecule has 2 rings (SSSR count). The standard InChI is InChI=1S/C12H17N5O2S2/c1-6-7(2)16-17-12-8(6)9(13)10(20-12)11(18)14-4-5-15-21(3)19/h15H,4-5,13H2,1-3H3,(H,14,18). The molecular weight excluding hydrogens is 310 g/mol. The summed E-state index contributed by atoms with van der Waals surface area (Å²) in [5.74, 6) is -0.253. The van der Waals surface area contributed by atoms with Crippen molar-refractivity contribution in [3.8, 4) is 0 Å². The van der Waals surface area contributed by atoms with Crippen LogP contribution in [0.3, 0.4) is 0 Å². The molecule has 4 N–H and O–H groups in total. The predicted octanol–water partition coefficient (Wildman–Crippen LogP) is 0.503. The van der Waals surface area contributed by atoms with Crippen LogP contribution in [0.1, 0.15) is 20.9 Å². The highest BCUT2D eigenvalue weighted by Gasteiger charge is 2.19. The van der Waals surface area contributed by atoms with Gasteiger partial charge in [-0.2, -0.15) is 5.10 Å². The number of anilines is 1. The zero-order valence-electron chi connectivity index (χ0n) is 12.0. The number of carbonyl (C=O) groups excluding carboxylic acids is 1. The van der Waals surface area contributed by atoms with Crippen molar-refractivity contribution in [3.63, 3.8) is 0 Å². The first-order valence-electron chi connectivity index (χ1n) is 6.28. The topological polar surface area (TPSA) is 116 Å². The van der Waals surface area contributed by atoms with Crippen LogP contribution in [0, 0.1) is 13.8 Å². The summed E-state index contributed by atoms with van der Waals surface area (Å²) in [5.41, 5.74) is 8.26. The summed E-state index contributed by atoms with van der Waals surface area (Å²) in [6.07, 6.45) is 1.54. The van der Waals surface area contributed by atoms with Crippen molar-refractivity contribution in [1.29, 1.82) is 0 Å². The minimum atomic E-state index is -1.09. The van der Waals surface area contributed by atoms with Crippen LogP contribution in [0.5, 0.6) is 0 Å². The molecular formula is C12H17N5O2S2. The Labute approximate surface area is 129 Å². The van der Waals surface area contributed by atoms with E-state index < -0.39 is 11.4 Å². The third-order valence-corrected chi connectivity index (χ3v) is 4.76. The molecule has 114 valence electrons. The van der Waals surface area contributed by atoms with Crippen LogP contribution in [-0.4, -0.2) is 40.0 Å². The fraction of sp³-hybridized carbons (Fsp3) is 0.417. The molecule has 0 radical (unpaired) electrons. The molecule has 1 atom stereocenters. The second-order valence-corrected chi connectivity index (χ2v) is 6.74. The molecule has 0 aliphatic heterocycles. The molecule has 9 heteroatoms. The fourth-order valence-electron chi connectivity index (χ4n) is 1.86. The van der Waals surface area contributed by atoms with E-state index in [2.05, 4.69) is 20.2 Å². The van der Waals surface area contributed by atoms with Gasteiger partial charge in [-0.25, -0.2) is 0 Å². The number of nitrogens with two attached hydrogens (primary N) is 1. The van der Waals surface area contributed by atoms with E-state index in [4.69, 9.17) is 5.73 Å². The summed E-state index contributed by atoms with van der Waals surface area (Å²) in [4.78, 5) is 13.2. The zero-order chi connectivity index (χ0) is 15.6. The lowest BCUT2D eigenvalue weighted by Crippen LogP contribution is -2.34. The Bertz CT molecular complexity index is 671. The molecule has 0 saturated heterocycles. The van der Waals surface area contributed by atoms with Gasteiger partial charge in [0.2, 0.25) is 0 Å². The molecule has 0 saturated carbocycles. The number of nitrogens with one attached hydrogen (secondary N) is 2. The quantitative estimate of drug-likeness (QED) is 0.544. The van der Waals surface area contributed by atoms with Gasteiger partial charge < -0.3 is 15.6 Å². The van der Waals surface area contributed by atoms with E-state index in [1.165, 1.54) is 17.6 Å². The van der Waals surface area contributed by atoms with Crippen molar-refractivity contribution in [2.24, 2.45) is 0 Å². The lowest BCUT2D eigenvalue weighted by molar-refractivity contribution is 0.0959. The van der Waals surface area contributed by atoms with Crippen LogP contribution in [0.25, 0.3) is 10.2 Å². The lowest BCUT2D eigenvalue weighted by atomic mass is 10.1. The van der Waals surface area contributed by atoms with Gasteiger partial charge in [0.15, 0.2) is 0 Å². The van der Waals surface area contributed by atoms with Gasteiger partial charge in [-0.1, -0.05) is 0 Å². The van der Waals surface area contributed by atoms with Crippen LogP contribution < -0.4 is 15.8 Å². The van der Waals surface area contributed by atoms with Crippen molar-refractivity contribution in [2.45, 2.75) is 13.8 Å². The Morgan fingerprint density at radius 3 is 2.76 bits per heavy atom. The van der Waals surface area contributed by atoms with Crippen molar-refractivity contribution in [2.75, 3.05) is 25.1 Å². The highest BCUT2D eigenvalue weighted by Crippen LogP contribution is 2.34. The number of amides is 1. The van der Waals surface area contributed by atoms with E-state index in [9.17, 15) is 9.35 Å². The van der Waals surface area contributed by atoms with E-state index in [1.54, 1.807) is 0 Å². The Morgan fingerprint density at radius 2 is 2.10 bits per heavy atom. The van der Waals surface area contributed by atoms with Crippen LogP contribution >= 0.6 is 11.3 Å². The van der Waals surface area contributed by atoms with Crippen LogP contribution in [0.4, 0.5) is 5.69 Å². The SMILES string of the molecule is Cc1nnc2sc(C(=O)NCCN[S+](C)[O-])c(N)c2c1C. The average Bonchev–Trinajstić information content (AvgIpc) is 2.76. The highest BCUT2D eigenvalue weighted by molar-refractivity contribution is 7.88. The Kier molecular flexibility index (Phi) is 4.99. The van der Waals surface area contributed by atoms with Gasteiger partial charge in [-0.05, 0) is 19.4 Å². The maximum Gasteiger partial charge on any atom is 0.263 e. The first kappa shape index (κ1) is 16.0. The summed E-state index contributed by atoms with van der Waals surface area (Å²) in [6, 6.07) is 0. The number of fused-ring (bicyclic) bond motifs is 1. The average molecular weight is 327 g/mol. The van der Waals surface area contributed by atoms with Crippen LogP contribution in [-0.2, 0) is 11.4 Å². The first-order chi connectivity index (χ1) is 9.91. The van der Waals surface area contributed by atoms with Gasteiger partial charge in [-0.15, -0.1) is 21.2 Å². The number of thiophene rings is 1. The minimum Gasteiger partial charge on any atom is -0.598 e.